The lowest BCUT2D eigenvalue weighted by Crippen LogP contribution is -2.42. The summed E-state index contributed by atoms with van der Waals surface area (Å²) >= 11 is 0. The highest BCUT2D eigenvalue weighted by atomic mass is 16.2. The molecule has 2 atom stereocenters. The van der Waals surface area contributed by atoms with Gasteiger partial charge in [-0.3, -0.25) is 0 Å². The number of hydrogen-bond acceptors (Lipinski definition) is 5. The standard InChI is InChI=1S/C11H16N6O/c12-7-3-1-2-4-8(7)13-9-5-6-10-14-15-11(18)17(10)16-9/h5-8H,1-4,12H2,(H,13,16)(H,15,18)/t7-,8-/m1/s1. The Morgan fingerprint density at radius 2 is 2.22 bits per heavy atom. The van der Waals surface area contributed by atoms with Gasteiger partial charge in [-0.25, -0.2) is 9.89 Å². The van der Waals surface area contributed by atoms with Crippen molar-refractivity contribution < 1.29 is 0 Å². The first-order chi connectivity index (χ1) is 8.74. The van der Waals surface area contributed by atoms with Crippen LogP contribution in [-0.2, 0) is 0 Å². The molecule has 2 heterocycles. The van der Waals surface area contributed by atoms with E-state index in [2.05, 4.69) is 20.6 Å². The molecule has 1 aliphatic rings. The van der Waals surface area contributed by atoms with Crippen LogP contribution in [-0.4, -0.2) is 31.9 Å². The molecule has 0 bridgehead atoms. The van der Waals surface area contributed by atoms with Crippen molar-refractivity contribution >= 4 is 11.5 Å². The summed E-state index contributed by atoms with van der Waals surface area (Å²) in [5.41, 5.74) is 6.25. The fraction of sp³-hybridized carbons (Fsp3) is 0.545. The molecule has 18 heavy (non-hydrogen) atoms. The quantitative estimate of drug-likeness (QED) is 0.699. The van der Waals surface area contributed by atoms with E-state index in [-0.39, 0.29) is 17.8 Å². The van der Waals surface area contributed by atoms with Gasteiger partial charge < -0.3 is 11.1 Å². The van der Waals surface area contributed by atoms with E-state index in [4.69, 9.17) is 5.73 Å². The minimum absolute atomic E-state index is 0.150. The van der Waals surface area contributed by atoms with Crippen LogP contribution in [0, 0.1) is 0 Å². The molecular weight excluding hydrogens is 232 g/mol. The maximum Gasteiger partial charge on any atom is 0.364 e. The molecule has 3 rings (SSSR count). The average Bonchev–Trinajstić information content (AvgIpc) is 2.74. The first-order valence-corrected chi connectivity index (χ1v) is 6.20. The summed E-state index contributed by atoms with van der Waals surface area (Å²) in [6.45, 7) is 0. The van der Waals surface area contributed by atoms with Crippen LogP contribution < -0.4 is 16.7 Å². The Morgan fingerprint density at radius 1 is 1.39 bits per heavy atom. The molecule has 2 aromatic rings. The van der Waals surface area contributed by atoms with Gasteiger partial charge in [0.25, 0.3) is 0 Å². The average molecular weight is 248 g/mol. The smallest absolute Gasteiger partial charge is 0.364 e. The SMILES string of the molecule is N[C@@H]1CCCC[C@H]1Nc1ccc2n[nH]c(=O)n2n1. The van der Waals surface area contributed by atoms with Crippen molar-refractivity contribution in [1.82, 2.24) is 19.8 Å². The molecule has 7 nitrogen and oxygen atoms in total. The van der Waals surface area contributed by atoms with Gasteiger partial charge in [0.05, 0.1) is 0 Å². The largest absolute Gasteiger partial charge is 0.364 e. The zero-order chi connectivity index (χ0) is 12.5. The van der Waals surface area contributed by atoms with Crippen molar-refractivity contribution in [3.63, 3.8) is 0 Å². The van der Waals surface area contributed by atoms with E-state index in [1.54, 1.807) is 6.07 Å². The number of rotatable bonds is 2. The predicted molar refractivity (Wildman–Crippen MR) is 67.5 cm³/mol. The van der Waals surface area contributed by atoms with Gasteiger partial charge in [-0.05, 0) is 25.0 Å². The molecule has 1 saturated carbocycles. The van der Waals surface area contributed by atoms with Gasteiger partial charge >= 0.3 is 5.69 Å². The summed E-state index contributed by atoms with van der Waals surface area (Å²) in [5, 5.41) is 13.7. The van der Waals surface area contributed by atoms with Crippen molar-refractivity contribution in [3.05, 3.63) is 22.6 Å². The van der Waals surface area contributed by atoms with Crippen LogP contribution in [0.5, 0.6) is 0 Å². The highest BCUT2D eigenvalue weighted by Gasteiger charge is 2.21. The molecule has 1 aliphatic carbocycles. The highest BCUT2D eigenvalue weighted by Crippen LogP contribution is 2.20. The molecule has 0 aromatic carbocycles. The first kappa shape index (κ1) is 11.2. The number of aromatic amines is 1. The van der Waals surface area contributed by atoms with Crippen molar-refractivity contribution in [2.24, 2.45) is 5.73 Å². The zero-order valence-electron chi connectivity index (χ0n) is 9.97. The van der Waals surface area contributed by atoms with Crippen LogP contribution in [0.15, 0.2) is 16.9 Å². The Labute approximate surface area is 103 Å². The summed E-state index contributed by atoms with van der Waals surface area (Å²) < 4.78 is 1.25. The van der Waals surface area contributed by atoms with E-state index in [1.807, 2.05) is 6.07 Å². The number of nitrogens with one attached hydrogen (secondary N) is 2. The lowest BCUT2D eigenvalue weighted by Gasteiger charge is -2.29. The number of nitrogens with two attached hydrogens (primary N) is 1. The minimum atomic E-state index is -0.332. The van der Waals surface area contributed by atoms with E-state index in [9.17, 15) is 4.79 Å². The second-order valence-corrected chi connectivity index (χ2v) is 4.72. The van der Waals surface area contributed by atoms with Crippen LogP contribution in [0.4, 0.5) is 5.82 Å². The molecular formula is C11H16N6O. The molecule has 96 valence electrons. The number of hydrogen-bond donors (Lipinski definition) is 3. The van der Waals surface area contributed by atoms with Crippen LogP contribution in [0.3, 0.4) is 0 Å². The fourth-order valence-electron chi connectivity index (χ4n) is 2.41. The molecule has 7 heteroatoms. The van der Waals surface area contributed by atoms with E-state index >= 15 is 0 Å². The maximum atomic E-state index is 11.4. The Morgan fingerprint density at radius 3 is 3.06 bits per heavy atom. The molecule has 0 unspecified atom stereocenters. The lowest BCUT2D eigenvalue weighted by molar-refractivity contribution is 0.403. The van der Waals surface area contributed by atoms with E-state index in [0.29, 0.717) is 11.5 Å². The van der Waals surface area contributed by atoms with Gasteiger partial charge in [0.1, 0.15) is 5.82 Å². The van der Waals surface area contributed by atoms with Crippen LogP contribution in [0.25, 0.3) is 5.65 Å². The molecule has 0 aliphatic heterocycles. The third-order valence-electron chi connectivity index (χ3n) is 3.43. The van der Waals surface area contributed by atoms with Crippen molar-refractivity contribution in [2.45, 2.75) is 37.8 Å². The lowest BCUT2D eigenvalue weighted by atomic mass is 9.91. The Hall–Kier alpha value is -1.89. The second-order valence-electron chi connectivity index (χ2n) is 4.72. The number of anilines is 1. The van der Waals surface area contributed by atoms with Gasteiger partial charge in [-0.15, -0.1) is 5.10 Å². The fourth-order valence-corrected chi connectivity index (χ4v) is 2.41. The number of nitrogens with zero attached hydrogens (tertiary/aromatic N) is 3. The molecule has 4 N–H and O–H groups in total. The third kappa shape index (κ3) is 1.97. The summed E-state index contributed by atoms with van der Waals surface area (Å²) in [7, 11) is 0. The van der Waals surface area contributed by atoms with Crippen molar-refractivity contribution in [2.75, 3.05) is 5.32 Å². The van der Waals surface area contributed by atoms with Gasteiger partial charge in [0.2, 0.25) is 0 Å². The molecule has 0 radical (unpaired) electrons. The van der Waals surface area contributed by atoms with E-state index in [1.165, 1.54) is 17.4 Å². The molecule has 0 saturated heterocycles. The summed E-state index contributed by atoms with van der Waals surface area (Å²) in [5.74, 6) is 0.661. The topological polar surface area (TPSA) is 101 Å². The van der Waals surface area contributed by atoms with Crippen LogP contribution >= 0.6 is 0 Å². The van der Waals surface area contributed by atoms with E-state index in [0.717, 1.165) is 12.8 Å². The monoisotopic (exact) mass is 248 g/mol. The molecule has 2 aromatic heterocycles. The van der Waals surface area contributed by atoms with E-state index < -0.39 is 0 Å². The second kappa shape index (κ2) is 4.41. The van der Waals surface area contributed by atoms with Gasteiger partial charge in [0, 0.05) is 12.1 Å². The summed E-state index contributed by atoms with van der Waals surface area (Å²) in [4.78, 5) is 11.4. The highest BCUT2D eigenvalue weighted by molar-refractivity contribution is 5.43. The summed E-state index contributed by atoms with van der Waals surface area (Å²) in [6, 6.07) is 3.95. The zero-order valence-corrected chi connectivity index (χ0v) is 9.97. The molecule has 0 spiro atoms. The first-order valence-electron chi connectivity index (χ1n) is 6.20. The van der Waals surface area contributed by atoms with Crippen molar-refractivity contribution in [1.29, 1.82) is 0 Å². The minimum Gasteiger partial charge on any atom is -0.364 e. The van der Waals surface area contributed by atoms with Gasteiger partial charge in [-0.1, -0.05) is 12.8 Å². The normalized spacial score (nSPS) is 24.3. The molecule has 0 amide bonds. The number of H-pyrrole nitrogens is 1. The maximum absolute atomic E-state index is 11.4. The third-order valence-corrected chi connectivity index (χ3v) is 3.43. The van der Waals surface area contributed by atoms with Gasteiger partial charge in [0.15, 0.2) is 5.65 Å². The van der Waals surface area contributed by atoms with Gasteiger partial charge in [-0.2, -0.15) is 9.61 Å². The number of aromatic nitrogens is 4. The van der Waals surface area contributed by atoms with Crippen LogP contribution in [0.2, 0.25) is 0 Å². The Bertz CT molecular complexity index is 603. The number of fused-ring (bicyclic) bond motifs is 1. The Kier molecular flexibility index (Phi) is 2.75. The predicted octanol–water partition coefficient (Wildman–Crippen LogP) is 0.0994. The Balaban J connectivity index is 1.85. The summed E-state index contributed by atoms with van der Waals surface area (Å²) in [6.07, 6.45) is 4.44. The van der Waals surface area contributed by atoms with Crippen molar-refractivity contribution in [3.8, 4) is 0 Å². The molecule has 1 fully saturated rings. The van der Waals surface area contributed by atoms with Crippen LogP contribution in [0.1, 0.15) is 25.7 Å².